The molecular formula is C15H15BrClNO. The van der Waals surface area contributed by atoms with Crippen molar-refractivity contribution < 1.29 is 5.11 Å². The number of halogens is 2. The van der Waals surface area contributed by atoms with Gasteiger partial charge in [-0.15, -0.1) is 0 Å². The summed E-state index contributed by atoms with van der Waals surface area (Å²) >= 11 is 9.42. The van der Waals surface area contributed by atoms with Crippen molar-refractivity contribution in [1.29, 1.82) is 0 Å². The molecule has 0 saturated heterocycles. The van der Waals surface area contributed by atoms with E-state index in [4.69, 9.17) is 11.6 Å². The van der Waals surface area contributed by atoms with E-state index in [1.807, 2.05) is 30.3 Å². The Hall–Kier alpha value is -1.03. The molecule has 0 unspecified atom stereocenters. The van der Waals surface area contributed by atoms with Crippen LogP contribution in [0.3, 0.4) is 0 Å². The Morgan fingerprint density at radius 2 is 1.95 bits per heavy atom. The average Bonchev–Trinajstić information content (AvgIpc) is 2.40. The number of para-hydroxylation sites is 1. The zero-order valence-electron chi connectivity index (χ0n) is 10.5. The summed E-state index contributed by atoms with van der Waals surface area (Å²) in [6.45, 7) is 2.65. The van der Waals surface area contributed by atoms with Crippen molar-refractivity contribution in [2.75, 3.05) is 0 Å². The summed E-state index contributed by atoms with van der Waals surface area (Å²) in [4.78, 5) is 0. The van der Waals surface area contributed by atoms with Crippen molar-refractivity contribution in [3.63, 3.8) is 0 Å². The molecule has 2 nitrogen and oxygen atoms in total. The van der Waals surface area contributed by atoms with Gasteiger partial charge < -0.3 is 10.4 Å². The average molecular weight is 341 g/mol. The number of nitrogens with one attached hydrogen (secondary N) is 1. The molecule has 0 amide bonds. The van der Waals surface area contributed by atoms with Crippen molar-refractivity contribution >= 4 is 27.5 Å². The van der Waals surface area contributed by atoms with E-state index < -0.39 is 0 Å². The highest BCUT2D eigenvalue weighted by Gasteiger charge is 2.10. The van der Waals surface area contributed by atoms with Crippen molar-refractivity contribution in [3.8, 4) is 5.75 Å². The first-order valence-corrected chi connectivity index (χ1v) is 7.21. The van der Waals surface area contributed by atoms with Crippen LogP contribution in [0.5, 0.6) is 5.75 Å². The van der Waals surface area contributed by atoms with Crippen LogP contribution in [-0.2, 0) is 6.54 Å². The number of aromatic hydroxyl groups is 1. The van der Waals surface area contributed by atoms with Gasteiger partial charge in [-0.05, 0) is 24.6 Å². The monoisotopic (exact) mass is 339 g/mol. The van der Waals surface area contributed by atoms with Gasteiger partial charge in [0.2, 0.25) is 0 Å². The molecule has 0 aliphatic heterocycles. The first-order valence-electron chi connectivity index (χ1n) is 6.03. The van der Waals surface area contributed by atoms with Crippen molar-refractivity contribution in [1.82, 2.24) is 5.32 Å². The van der Waals surface area contributed by atoms with E-state index in [2.05, 4.69) is 34.2 Å². The molecule has 1 atom stereocenters. The highest BCUT2D eigenvalue weighted by Crippen LogP contribution is 2.28. The zero-order chi connectivity index (χ0) is 13.8. The summed E-state index contributed by atoms with van der Waals surface area (Å²) < 4.78 is 1.07. The minimum Gasteiger partial charge on any atom is -0.506 e. The number of phenols is 1. The summed E-state index contributed by atoms with van der Waals surface area (Å²) in [5.41, 5.74) is 1.98. The minimum atomic E-state index is 0.149. The third-order valence-corrected chi connectivity index (χ3v) is 4.07. The van der Waals surface area contributed by atoms with Gasteiger partial charge in [-0.2, -0.15) is 0 Å². The minimum absolute atomic E-state index is 0.149. The third kappa shape index (κ3) is 3.50. The van der Waals surface area contributed by atoms with Gasteiger partial charge in [-0.25, -0.2) is 0 Å². The maximum atomic E-state index is 9.85. The standard InChI is InChI=1S/C15H15BrClNO/c1-10(12-6-2-3-7-13(12)16)18-9-11-5-4-8-14(17)15(11)19/h2-8,10,18-19H,9H2,1H3/t10-/m1/s1. The topological polar surface area (TPSA) is 32.3 Å². The molecular weight excluding hydrogens is 326 g/mol. The van der Waals surface area contributed by atoms with Gasteiger partial charge in [0.1, 0.15) is 5.75 Å². The van der Waals surface area contributed by atoms with Crippen LogP contribution in [0.15, 0.2) is 46.9 Å². The van der Waals surface area contributed by atoms with Crippen LogP contribution in [0.2, 0.25) is 5.02 Å². The van der Waals surface area contributed by atoms with E-state index >= 15 is 0 Å². The van der Waals surface area contributed by atoms with Gasteiger partial charge in [0.15, 0.2) is 0 Å². The molecule has 0 saturated carbocycles. The molecule has 0 aliphatic rings. The van der Waals surface area contributed by atoms with Gasteiger partial charge in [-0.1, -0.05) is 57.9 Å². The van der Waals surface area contributed by atoms with Gasteiger partial charge in [0.05, 0.1) is 5.02 Å². The fraction of sp³-hybridized carbons (Fsp3) is 0.200. The molecule has 0 spiro atoms. The quantitative estimate of drug-likeness (QED) is 0.848. The summed E-state index contributed by atoms with van der Waals surface area (Å²) in [7, 11) is 0. The predicted octanol–water partition coefficient (Wildman–Crippen LogP) is 4.66. The van der Waals surface area contributed by atoms with Crippen LogP contribution in [0.4, 0.5) is 0 Å². The fourth-order valence-corrected chi connectivity index (χ4v) is 2.72. The Morgan fingerprint density at radius 1 is 1.21 bits per heavy atom. The Morgan fingerprint density at radius 3 is 2.68 bits per heavy atom. The van der Waals surface area contributed by atoms with Gasteiger partial charge in [0.25, 0.3) is 0 Å². The van der Waals surface area contributed by atoms with E-state index in [1.54, 1.807) is 6.07 Å². The lowest BCUT2D eigenvalue weighted by molar-refractivity contribution is 0.460. The van der Waals surface area contributed by atoms with Gasteiger partial charge in [-0.3, -0.25) is 0 Å². The summed E-state index contributed by atoms with van der Waals surface area (Å²) in [5.74, 6) is 0.149. The number of rotatable bonds is 4. The second kappa shape index (κ2) is 6.42. The molecule has 2 aromatic carbocycles. The van der Waals surface area contributed by atoms with Crippen molar-refractivity contribution in [3.05, 3.63) is 63.1 Å². The van der Waals surface area contributed by atoms with Crippen LogP contribution in [0.25, 0.3) is 0 Å². The Kier molecular flexibility index (Phi) is 4.86. The van der Waals surface area contributed by atoms with Crippen LogP contribution in [0, 0.1) is 0 Å². The summed E-state index contributed by atoms with van der Waals surface area (Å²) in [6, 6.07) is 13.6. The molecule has 4 heteroatoms. The van der Waals surface area contributed by atoms with Crippen LogP contribution in [-0.4, -0.2) is 5.11 Å². The summed E-state index contributed by atoms with van der Waals surface area (Å²) in [6.07, 6.45) is 0. The molecule has 0 aliphatic carbocycles. The first-order chi connectivity index (χ1) is 9.09. The lowest BCUT2D eigenvalue weighted by Crippen LogP contribution is -2.18. The van der Waals surface area contributed by atoms with Crippen LogP contribution < -0.4 is 5.32 Å². The molecule has 2 aromatic rings. The SMILES string of the molecule is C[C@@H](NCc1cccc(Cl)c1O)c1ccccc1Br. The number of hydrogen-bond acceptors (Lipinski definition) is 2. The summed E-state index contributed by atoms with van der Waals surface area (Å²) in [5, 5.41) is 13.6. The molecule has 0 heterocycles. The molecule has 100 valence electrons. The molecule has 2 N–H and O–H groups in total. The maximum absolute atomic E-state index is 9.85. The van der Waals surface area contributed by atoms with Gasteiger partial charge >= 0.3 is 0 Å². The molecule has 2 rings (SSSR count). The fourth-order valence-electron chi connectivity index (χ4n) is 1.90. The van der Waals surface area contributed by atoms with Gasteiger partial charge in [0, 0.05) is 22.6 Å². The van der Waals surface area contributed by atoms with Crippen molar-refractivity contribution in [2.24, 2.45) is 0 Å². The Bertz CT molecular complexity index is 574. The highest BCUT2D eigenvalue weighted by molar-refractivity contribution is 9.10. The normalized spacial score (nSPS) is 12.4. The second-order valence-electron chi connectivity index (χ2n) is 4.37. The number of phenolic OH excluding ortho intramolecular Hbond substituents is 1. The Balaban J connectivity index is 2.07. The zero-order valence-corrected chi connectivity index (χ0v) is 12.9. The van der Waals surface area contributed by atoms with E-state index in [0.717, 1.165) is 10.0 Å². The first kappa shape index (κ1) is 14.4. The lowest BCUT2D eigenvalue weighted by atomic mass is 10.1. The van der Waals surface area contributed by atoms with E-state index in [9.17, 15) is 5.11 Å². The predicted molar refractivity (Wildman–Crippen MR) is 82.5 cm³/mol. The smallest absolute Gasteiger partial charge is 0.138 e. The number of benzene rings is 2. The number of hydrogen-bond donors (Lipinski definition) is 2. The van der Waals surface area contributed by atoms with E-state index in [0.29, 0.717) is 11.6 Å². The molecule has 19 heavy (non-hydrogen) atoms. The van der Waals surface area contributed by atoms with E-state index in [-0.39, 0.29) is 11.8 Å². The molecule has 0 aromatic heterocycles. The Labute approximate surface area is 126 Å². The molecule has 0 radical (unpaired) electrons. The molecule has 0 bridgehead atoms. The van der Waals surface area contributed by atoms with Crippen LogP contribution in [0.1, 0.15) is 24.1 Å². The largest absolute Gasteiger partial charge is 0.506 e. The highest BCUT2D eigenvalue weighted by atomic mass is 79.9. The lowest BCUT2D eigenvalue weighted by Gasteiger charge is -2.16. The van der Waals surface area contributed by atoms with Crippen LogP contribution >= 0.6 is 27.5 Å². The van der Waals surface area contributed by atoms with E-state index in [1.165, 1.54) is 5.56 Å². The van der Waals surface area contributed by atoms with Crippen molar-refractivity contribution in [2.45, 2.75) is 19.5 Å². The maximum Gasteiger partial charge on any atom is 0.138 e. The second-order valence-corrected chi connectivity index (χ2v) is 5.63. The molecule has 0 fully saturated rings. The third-order valence-electron chi connectivity index (χ3n) is 3.04.